The predicted molar refractivity (Wildman–Crippen MR) is 50.5 cm³/mol. The zero-order valence-electron chi connectivity index (χ0n) is 8.29. The molecule has 3 atom stereocenters. The Hall–Kier alpha value is -0.120. The van der Waals surface area contributed by atoms with Crippen LogP contribution in [0, 0.1) is 0 Å². The molecule has 0 spiro atoms. The van der Waals surface area contributed by atoms with Crippen molar-refractivity contribution in [1.82, 2.24) is 0 Å². The second-order valence-corrected chi connectivity index (χ2v) is 4.42. The first kappa shape index (κ1) is 9.44. The molecule has 0 saturated carbocycles. The summed E-state index contributed by atoms with van der Waals surface area (Å²) in [6, 6.07) is 0.294. The maximum atomic E-state index is 5.94. The minimum absolute atomic E-state index is 0.117. The van der Waals surface area contributed by atoms with Crippen molar-refractivity contribution in [2.75, 3.05) is 13.2 Å². The van der Waals surface area contributed by atoms with Crippen LogP contribution in [0.25, 0.3) is 0 Å². The van der Waals surface area contributed by atoms with Gasteiger partial charge in [-0.25, -0.2) is 0 Å². The maximum absolute atomic E-state index is 5.94. The summed E-state index contributed by atoms with van der Waals surface area (Å²) in [5.74, 6) is 0. The van der Waals surface area contributed by atoms with Crippen LogP contribution in [0.2, 0.25) is 0 Å². The molecule has 0 radical (unpaired) electrons. The van der Waals surface area contributed by atoms with Gasteiger partial charge in [0.1, 0.15) is 0 Å². The highest BCUT2D eigenvalue weighted by Crippen LogP contribution is 2.33. The number of ether oxygens (including phenoxy) is 2. The highest BCUT2D eigenvalue weighted by atomic mass is 16.6. The Morgan fingerprint density at radius 3 is 2.77 bits per heavy atom. The highest BCUT2D eigenvalue weighted by Gasteiger charge is 2.41. The van der Waals surface area contributed by atoms with E-state index in [4.69, 9.17) is 15.2 Å². The monoisotopic (exact) mass is 185 g/mol. The van der Waals surface area contributed by atoms with Gasteiger partial charge in [0, 0.05) is 19.3 Å². The van der Waals surface area contributed by atoms with E-state index in [1.54, 1.807) is 0 Å². The van der Waals surface area contributed by atoms with Gasteiger partial charge in [-0.1, -0.05) is 0 Å². The van der Waals surface area contributed by atoms with Crippen molar-refractivity contribution < 1.29 is 9.47 Å². The summed E-state index contributed by atoms with van der Waals surface area (Å²) in [5, 5.41) is 0. The Balaban J connectivity index is 2.00. The number of hydrogen-bond acceptors (Lipinski definition) is 3. The van der Waals surface area contributed by atoms with Gasteiger partial charge in [-0.2, -0.15) is 0 Å². The van der Waals surface area contributed by atoms with Crippen LogP contribution < -0.4 is 5.73 Å². The van der Waals surface area contributed by atoms with Crippen LogP contribution in [0.4, 0.5) is 0 Å². The molecule has 0 aromatic carbocycles. The summed E-state index contributed by atoms with van der Waals surface area (Å²) in [4.78, 5) is 0. The zero-order chi connectivity index (χ0) is 9.31. The van der Waals surface area contributed by atoms with E-state index < -0.39 is 0 Å². The van der Waals surface area contributed by atoms with E-state index in [1.165, 1.54) is 6.42 Å². The molecule has 2 fully saturated rings. The van der Waals surface area contributed by atoms with E-state index in [0.29, 0.717) is 6.04 Å². The number of hydrogen-bond donors (Lipinski definition) is 1. The third kappa shape index (κ3) is 1.87. The Morgan fingerprint density at radius 1 is 1.31 bits per heavy atom. The average molecular weight is 185 g/mol. The van der Waals surface area contributed by atoms with Gasteiger partial charge in [-0.15, -0.1) is 0 Å². The first-order valence-electron chi connectivity index (χ1n) is 5.22. The lowest BCUT2D eigenvalue weighted by Gasteiger charge is -2.40. The summed E-state index contributed by atoms with van der Waals surface area (Å²) in [6.07, 6.45) is 4.50. The first-order chi connectivity index (χ1) is 6.21. The van der Waals surface area contributed by atoms with Gasteiger partial charge >= 0.3 is 0 Å². The molecule has 2 aliphatic heterocycles. The van der Waals surface area contributed by atoms with Crippen molar-refractivity contribution >= 4 is 0 Å². The Kier molecular flexibility index (Phi) is 2.58. The minimum atomic E-state index is -0.117. The van der Waals surface area contributed by atoms with E-state index in [0.717, 1.165) is 32.5 Å². The van der Waals surface area contributed by atoms with E-state index >= 15 is 0 Å². The predicted octanol–water partition coefficient (Wildman–Crippen LogP) is 1.06. The molecule has 0 aromatic heterocycles. The lowest BCUT2D eigenvalue weighted by molar-refractivity contribution is -0.144. The third-order valence-corrected chi connectivity index (χ3v) is 3.20. The SMILES string of the molecule is CC1(C2CCCO2)CC(N)CCO1. The third-order valence-electron chi connectivity index (χ3n) is 3.20. The van der Waals surface area contributed by atoms with Gasteiger partial charge in [0.25, 0.3) is 0 Å². The fourth-order valence-corrected chi connectivity index (χ4v) is 2.41. The van der Waals surface area contributed by atoms with Gasteiger partial charge in [0.05, 0.1) is 11.7 Å². The number of nitrogens with two attached hydrogens (primary N) is 1. The molecule has 0 aliphatic carbocycles. The van der Waals surface area contributed by atoms with Gasteiger partial charge in [-0.05, 0) is 32.6 Å². The minimum Gasteiger partial charge on any atom is -0.375 e. The van der Waals surface area contributed by atoms with E-state index in [9.17, 15) is 0 Å². The van der Waals surface area contributed by atoms with Crippen LogP contribution in [-0.2, 0) is 9.47 Å². The fraction of sp³-hybridized carbons (Fsp3) is 1.00. The van der Waals surface area contributed by atoms with Gasteiger partial charge in [0.15, 0.2) is 0 Å². The molecule has 76 valence electrons. The Bertz CT molecular complexity index is 180. The zero-order valence-corrected chi connectivity index (χ0v) is 8.29. The molecule has 2 N–H and O–H groups in total. The lowest BCUT2D eigenvalue weighted by atomic mass is 9.86. The lowest BCUT2D eigenvalue weighted by Crippen LogP contribution is -2.50. The van der Waals surface area contributed by atoms with Crippen molar-refractivity contribution in [2.45, 2.75) is 50.4 Å². The molecule has 2 rings (SSSR count). The standard InChI is InChI=1S/C10H19NO2/c1-10(9-3-2-5-12-9)7-8(11)4-6-13-10/h8-9H,2-7,11H2,1H3. The van der Waals surface area contributed by atoms with Crippen LogP contribution in [0.3, 0.4) is 0 Å². The van der Waals surface area contributed by atoms with Crippen molar-refractivity contribution in [1.29, 1.82) is 0 Å². The molecule has 0 bridgehead atoms. The normalized spacial score (nSPS) is 46.6. The fourth-order valence-electron chi connectivity index (χ4n) is 2.41. The summed E-state index contributed by atoms with van der Waals surface area (Å²) in [6.45, 7) is 3.82. The van der Waals surface area contributed by atoms with Crippen molar-refractivity contribution in [3.8, 4) is 0 Å². The molecular formula is C10H19NO2. The molecule has 2 aliphatic rings. The maximum Gasteiger partial charge on any atom is 0.0929 e. The smallest absolute Gasteiger partial charge is 0.0929 e. The van der Waals surface area contributed by atoms with Crippen molar-refractivity contribution in [3.63, 3.8) is 0 Å². The molecule has 2 heterocycles. The van der Waals surface area contributed by atoms with Crippen molar-refractivity contribution in [3.05, 3.63) is 0 Å². The van der Waals surface area contributed by atoms with Crippen molar-refractivity contribution in [2.24, 2.45) is 5.73 Å². The Labute approximate surface area is 79.6 Å². The molecule has 0 aromatic rings. The van der Waals surface area contributed by atoms with E-state index in [1.807, 2.05) is 0 Å². The van der Waals surface area contributed by atoms with Gasteiger partial charge in [0.2, 0.25) is 0 Å². The van der Waals surface area contributed by atoms with Gasteiger partial charge in [-0.3, -0.25) is 0 Å². The first-order valence-corrected chi connectivity index (χ1v) is 5.22. The van der Waals surface area contributed by atoms with Crippen LogP contribution >= 0.6 is 0 Å². The van der Waals surface area contributed by atoms with Crippen LogP contribution in [0.1, 0.15) is 32.6 Å². The molecular weight excluding hydrogens is 166 g/mol. The summed E-state index contributed by atoms with van der Waals surface area (Å²) in [7, 11) is 0. The molecule has 3 heteroatoms. The average Bonchev–Trinajstić information content (AvgIpc) is 2.55. The second kappa shape index (κ2) is 3.56. The molecule has 3 unspecified atom stereocenters. The highest BCUT2D eigenvalue weighted by molar-refractivity contribution is 4.93. The van der Waals surface area contributed by atoms with E-state index in [-0.39, 0.29) is 11.7 Å². The molecule has 13 heavy (non-hydrogen) atoms. The molecule has 3 nitrogen and oxygen atoms in total. The van der Waals surface area contributed by atoms with Crippen LogP contribution in [-0.4, -0.2) is 31.0 Å². The molecule has 2 saturated heterocycles. The topological polar surface area (TPSA) is 44.5 Å². The summed E-state index contributed by atoms with van der Waals surface area (Å²) < 4.78 is 11.5. The van der Waals surface area contributed by atoms with Gasteiger partial charge < -0.3 is 15.2 Å². The second-order valence-electron chi connectivity index (χ2n) is 4.42. The quantitative estimate of drug-likeness (QED) is 0.664. The number of rotatable bonds is 1. The van der Waals surface area contributed by atoms with Crippen LogP contribution in [0.15, 0.2) is 0 Å². The van der Waals surface area contributed by atoms with Crippen LogP contribution in [0.5, 0.6) is 0 Å². The van der Waals surface area contributed by atoms with E-state index in [2.05, 4.69) is 6.92 Å². The summed E-state index contributed by atoms with van der Waals surface area (Å²) in [5.41, 5.74) is 5.83. The molecule has 0 amide bonds. The Morgan fingerprint density at radius 2 is 2.15 bits per heavy atom. The summed E-state index contributed by atoms with van der Waals surface area (Å²) >= 11 is 0. The largest absolute Gasteiger partial charge is 0.375 e.